The smallest absolute Gasteiger partial charge is 0.411 e. The zero-order chi connectivity index (χ0) is 25.8. The Morgan fingerprint density at radius 2 is 1.06 bits per heavy atom. The van der Waals surface area contributed by atoms with Crippen LogP contribution in [-0.2, 0) is 15.9 Å². The standard InChI is InChI=1S/C25H36N4O6/c1-28(2)22(14-30)16-34-24(32)26-20-9-5-18(6-10-20)13-19-7-11-21(12-8-19)27-25(33)35-17-23(15-31)29(3)4/h5-12,22-23,30-31H,13-17H2,1-4H3,(H,26,32)(H,27,33)/p+2. The van der Waals surface area contributed by atoms with Crippen LogP contribution in [-0.4, -0.2) is 89.1 Å². The summed E-state index contributed by atoms with van der Waals surface area (Å²) in [6, 6.07) is 14.6. The Morgan fingerprint density at radius 3 is 1.34 bits per heavy atom. The summed E-state index contributed by atoms with van der Waals surface area (Å²) in [5.41, 5.74) is 3.35. The van der Waals surface area contributed by atoms with Gasteiger partial charge in [-0.1, -0.05) is 24.3 Å². The first-order valence-corrected chi connectivity index (χ1v) is 11.6. The van der Waals surface area contributed by atoms with E-state index in [2.05, 4.69) is 10.6 Å². The molecule has 35 heavy (non-hydrogen) atoms. The molecule has 0 aromatic heterocycles. The van der Waals surface area contributed by atoms with Crippen LogP contribution in [0.4, 0.5) is 21.0 Å². The fourth-order valence-electron chi connectivity index (χ4n) is 3.11. The van der Waals surface area contributed by atoms with Crippen LogP contribution in [0.3, 0.4) is 0 Å². The van der Waals surface area contributed by atoms with Crippen molar-refractivity contribution in [1.82, 2.24) is 0 Å². The van der Waals surface area contributed by atoms with Gasteiger partial charge in [-0.15, -0.1) is 0 Å². The molecule has 0 saturated heterocycles. The van der Waals surface area contributed by atoms with Crippen molar-refractivity contribution in [2.24, 2.45) is 0 Å². The summed E-state index contributed by atoms with van der Waals surface area (Å²) in [5.74, 6) is 0. The summed E-state index contributed by atoms with van der Waals surface area (Å²) >= 11 is 0. The molecular weight excluding hydrogens is 452 g/mol. The molecule has 10 heteroatoms. The van der Waals surface area contributed by atoms with Gasteiger partial charge in [0.25, 0.3) is 0 Å². The van der Waals surface area contributed by atoms with Crippen LogP contribution in [0.1, 0.15) is 11.1 Å². The number of ether oxygens (including phenoxy) is 2. The average Bonchev–Trinajstić information content (AvgIpc) is 2.82. The lowest BCUT2D eigenvalue weighted by atomic mass is 10.0. The van der Waals surface area contributed by atoms with Crippen LogP contribution < -0.4 is 20.4 Å². The third kappa shape index (κ3) is 9.91. The summed E-state index contributed by atoms with van der Waals surface area (Å²) in [6.07, 6.45) is -0.439. The summed E-state index contributed by atoms with van der Waals surface area (Å²) < 4.78 is 10.4. The number of rotatable bonds is 12. The van der Waals surface area contributed by atoms with Crippen LogP contribution in [0.25, 0.3) is 0 Å². The Morgan fingerprint density at radius 1 is 0.714 bits per heavy atom. The normalized spacial score (nSPS) is 12.8. The minimum Gasteiger partial charge on any atom is -0.443 e. The number of likely N-dealkylation sites (N-methyl/N-ethyl adjacent to an activating group) is 2. The van der Waals surface area contributed by atoms with Crippen LogP contribution in [0.15, 0.2) is 48.5 Å². The van der Waals surface area contributed by atoms with Gasteiger partial charge in [-0.2, -0.15) is 0 Å². The number of anilines is 2. The van der Waals surface area contributed by atoms with Crippen molar-refractivity contribution in [3.8, 4) is 0 Å². The van der Waals surface area contributed by atoms with E-state index in [1.165, 1.54) is 0 Å². The molecular formula is C25H38N4O6+2. The van der Waals surface area contributed by atoms with Gasteiger partial charge in [0, 0.05) is 11.4 Å². The molecule has 2 rings (SSSR count). The Kier molecular flexibility index (Phi) is 11.4. The molecule has 0 heterocycles. The van der Waals surface area contributed by atoms with E-state index < -0.39 is 12.2 Å². The Labute approximate surface area is 206 Å². The molecule has 2 amide bonds. The van der Waals surface area contributed by atoms with Gasteiger partial charge in [0.05, 0.1) is 41.4 Å². The summed E-state index contributed by atoms with van der Waals surface area (Å²) in [5, 5.41) is 24.0. The number of carbonyl (C=O) groups is 2. The van der Waals surface area contributed by atoms with E-state index in [0.29, 0.717) is 17.8 Å². The van der Waals surface area contributed by atoms with Crippen molar-refractivity contribution in [3.05, 3.63) is 59.7 Å². The summed E-state index contributed by atoms with van der Waals surface area (Å²) in [4.78, 5) is 26.0. The van der Waals surface area contributed by atoms with Gasteiger partial charge in [0.2, 0.25) is 0 Å². The quantitative estimate of drug-likeness (QED) is 0.236. The van der Waals surface area contributed by atoms with E-state index >= 15 is 0 Å². The number of aliphatic hydroxyl groups is 2. The van der Waals surface area contributed by atoms with Crippen molar-refractivity contribution in [3.63, 3.8) is 0 Å². The fourth-order valence-corrected chi connectivity index (χ4v) is 3.11. The second-order valence-corrected chi connectivity index (χ2v) is 8.93. The first kappa shape index (κ1) is 28.1. The molecule has 192 valence electrons. The maximum atomic E-state index is 12.0. The SMILES string of the molecule is C[NH+](C)C(CO)COC(=O)Nc1ccc(Cc2ccc(NC(=O)OCC(CO)[NH+](C)C)cc2)cc1. The van der Waals surface area contributed by atoms with Crippen molar-refractivity contribution >= 4 is 23.6 Å². The maximum absolute atomic E-state index is 12.0. The topological polar surface area (TPSA) is 126 Å². The van der Waals surface area contributed by atoms with E-state index in [0.717, 1.165) is 20.9 Å². The Balaban J connectivity index is 1.81. The van der Waals surface area contributed by atoms with Gasteiger partial charge in [-0.05, 0) is 41.8 Å². The number of amides is 2. The van der Waals surface area contributed by atoms with Crippen molar-refractivity contribution < 1.29 is 39.1 Å². The molecule has 0 saturated carbocycles. The molecule has 0 bridgehead atoms. The largest absolute Gasteiger partial charge is 0.443 e. The van der Waals surface area contributed by atoms with E-state index in [4.69, 9.17) is 9.47 Å². The van der Waals surface area contributed by atoms with E-state index in [1.54, 1.807) is 24.3 Å². The first-order valence-electron chi connectivity index (χ1n) is 11.6. The number of aliphatic hydroxyl groups excluding tert-OH is 2. The van der Waals surface area contributed by atoms with Crippen molar-refractivity contribution in [2.75, 3.05) is 65.3 Å². The molecule has 2 aromatic rings. The molecule has 2 aromatic carbocycles. The highest BCUT2D eigenvalue weighted by Crippen LogP contribution is 2.16. The first-order chi connectivity index (χ1) is 16.7. The van der Waals surface area contributed by atoms with Gasteiger partial charge in [0.15, 0.2) is 0 Å². The highest BCUT2D eigenvalue weighted by molar-refractivity contribution is 5.85. The lowest BCUT2D eigenvalue weighted by Crippen LogP contribution is -3.11. The molecule has 6 N–H and O–H groups in total. The average molecular weight is 491 g/mol. The minimum absolute atomic E-state index is 0.0615. The fraction of sp³-hybridized carbons (Fsp3) is 0.440. The zero-order valence-corrected chi connectivity index (χ0v) is 20.8. The number of benzene rings is 2. The van der Waals surface area contributed by atoms with Crippen LogP contribution in [0, 0.1) is 0 Å². The third-order valence-corrected chi connectivity index (χ3v) is 5.71. The monoisotopic (exact) mass is 490 g/mol. The maximum Gasteiger partial charge on any atom is 0.411 e. The number of quaternary nitrogens is 2. The van der Waals surface area contributed by atoms with Crippen LogP contribution in [0.2, 0.25) is 0 Å². The van der Waals surface area contributed by atoms with Crippen LogP contribution in [0.5, 0.6) is 0 Å². The minimum atomic E-state index is -0.561. The van der Waals surface area contributed by atoms with Gasteiger partial charge < -0.3 is 29.5 Å². The third-order valence-electron chi connectivity index (χ3n) is 5.71. The molecule has 0 aliphatic heterocycles. The van der Waals surface area contributed by atoms with Gasteiger partial charge in [-0.25, -0.2) is 9.59 Å². The number of nitrogens with one attached hydrogen (secondary N) is 4. The predicted molar refractivity (Wildman–Crippen MR) is 133 cm³/mol. The molecule has 2 unspecified atom stereocenters. The second-order valence-electron chi connectivity index (χ2n) is 8.93. The van der Waals surface area contributed by atoms with E-state index in [9.17, 15) is 19.8 Å². The van der Waals surface area contributed by atoms with Gasteiger partial charge in [0.1, 0.15) is 25.3 Å². The lowest BCUT2D eigenvalue weighted by molar-refractivity contribution is -0.886. The second kappa shape index (κ2) is 14.3. The van der Waals surface area contributed by atoms with Gasteiger partial charge >= 0.3 is 12.2 Å². The molecule has 0 spiro atoms. The number of hydrogen-bond donors (Lipinski definition) is 6. The summed E-state index contributed by atoms with van der Waals surface area (Å²) in [7, 11) is 7.56. The van der Waals surface area contributed by atoms with Crippen molar-refractivity contribution in [1.29, 1.82) is 0 Å². The van der Waals surface area contributed by atoms with E-state index in [-0.39, 0.29) is 38.5 Å². The van der Waals surface area contributed by atoms with E-state index in [1.807, 2.05) is 52.5 Å². The molecule has 0 fully saturated rings. The number of carbonyl (C=O) groups excluding carboxylic acids is 2. The number of hydrogen-bond acceptors (Lipinski definition) is 6. The Bertz CT molecular complexity index is 843. The molecule has 0 radical (unpaired) electrons. The highest BCUT2D eigenvalue weighted by atomic mass is 16.6. The lowest BCUT2D eigenvalue weighted by Gasteiger charge is -2.18. The summed E-state index contributed by atoms with van der Waals surface area (Å²) in [6.45, 7) is 0.138. The highest BCUT2D eigenvalue weighted by Gasteiger charge is 2.17. The molecule has 2 atom stereocenters. The Hall–Kier alpha value is -3.18. The molecule has 0 aliphatic carbocycles. The predicted octanol–water partition coefficient (Wildman–Crippen LogP) is -0.615. The van der Waals surface area contributed by atoms with Gasteiger partial charge in [-0.3, -0.25) is 10.6 Å². The zero-order valence-electron chi connectivity index (χ0n) is 20.8. The van der Waals surface area contributed by atoms with Crippen molar-refractivity contribution in [2.45, 2.75) is 18.5 Å². The molecule has 10 nitrogen and oxygen atoms in total. The van der Waals surface area contributed by atoms with Crippen LogP contribution >= 0.6 is 0 Å². The molecule has 0 aliphatic rings.